The van der Waals surface area contributed by atoms with E-state index in [-0.39, 0.29) is 5.78 Å². The van der Waals surface area contributed by atoms with Crippen molar-refractivity contribution < 1.29 is 14.3 Å². The summed E-state index contributed by atoms with van der Waals surface area (Å²) in [4.78, 5) is 19.2. The molecule has 0 fully saturated rings. The van der Waals surface area contributed by atoms with Gasteiger partial charge in [0.25, 0.3) is 0 Å². The summed E-state index contributed by atoms with van der Waals surface area (Å²) in [6, 6.07) is 20.1. The van der Waals surface area contributed by atoms with Crippen molar-refractivity contribution in [2.45, 2.75) is 26.7 Å². The van der Waals surface area contributed by atoms with Crippen LogP contribution in [0, 0.1) is 0 Å². The van der Waals surface area contributed by atoms with Crippen LogP contribution in [-0.4, -0.2) is 58.1 Å². The molecule has 0 bridgehead atoms. The fraction of sp³-hybridized carbons (Fsp3) is 0.321. The van der Waals surface area contributed by atoms with E-state index in [0.717, 1.165) is 58.4 Å². The number of pyridine rings is 1. The lowest BCUT2D eigenvalue weighted by Crippen LogP contribution is -2.30. The van der Waals surface area contributed by atoms with Gasteiger partial charge in [0.15, 0.2) is 28.8 Å². The molecule has 5 rings (SSSR count). The Labute approximate surface area is 205 Å². The molecule has 0 radical (unpaired) electrons. The van der Waals surface area contributed by atoms with Crippen molar-refractivity contribution >= 4 is 11.4 Å². The lowest BCUT2D eigenvalue weighted by Gasteiger charge is -2.19. The molecule has 180 valence electrons. The molecule has 1 aliphatic rings. The maximum Gasteiger partial charge on any atom is 0.162 e. The topological polar surface area (TPSA) is 69.0 Å². The summed E-state index contributed by atoms with van der Waals surface area (Å²) < 4.78 is 13.3. The third-order valence-electron chi connectivity index (χ3n) is 6.32. The highest BCUT2D eigenvalue weighted by Gasteiger charge is 2.15. The molecule has 3 heterocycles. The van der Waals surface area contributed by atoms with Crippen LogP contribution < -0.4 is 9.47 Å². The van der Waals surface area contributed by atoms with Gasteiger partial charge in [0, 0.05) is 18.4 Å². The van der Waals surface area contributed by atoms with Gasteiger partial charge in [-0.05, 0) is 54.5 Å². The van der Waals surface area contributed by atoms with Gasteiger partial charge in [-0.2, -0.15) is 5.10 Å². The highest BCUT2D eigenvalue weighted by Crippen LogP contribution is 2.34. The highest BCUT2D eigenvalue weighted by atomic mass is 16.6. The van der Waals surface area contributed by atoms with Gasteiger partial charge in [-0.25, -0.2) is 9.50 Å². The largest absolute Gasteiger partial charge is 0.486 e. The zero-order valence-corrected chi connectivity index (χ0v) is 20.2. The van der Waals surface area contributed by atoms with Crippen LogP contribution in [-0.2, 0) is 17.6 Å². The molecular weight excluding hydrogens is 440 g/mol. The number of hydrogen-bond donors (Lipinski definition) is 0. The summed E-state index contributed by atoms with van der Waals surface area (Å²) in [5.41, 5.74) is 4.89. The molecule has 0 aliphatic carbocycles. The Kier molecular flexibility index (Phi) is 6.77. The van der Waals surface area contributed by atoms with Gasteiger partial charge in [0.1, 0.15) is 13.2 Å². The van der Waals surface area contributed by atoms with Crippen LogP contribution >= 0.6 is 0 Å². The Balaban J connectivity index is 1.31. The molecule has 4 aromatic rings. The van der Waals surface area contributed by atoms with Crippen LogP contribution in [0.4, 0.5) is 0 Å². The van der Waals surface area contributed by atoms with Gasteiger partial charge in [-0.3, -0.25) is 9.69 Å². The first-order valence-corrected chi connectivity index (χ1v) is 12.2. The van der Waals surface area contributed by atoms with Gasteiger partial charge in [0.05, 0.1) is 12.2 Å². The number of carbonyl (C=O) groups excluding carboxylic acids is 1. The van der Waals surface area contributed by atoms with E-state index >= 15 is 0 Å². The number of aromatic nitrogens is 3. The van der Waals surface area contributed by atoms with E-state index in [1.807, 2.05) is 53.0 Å². The maximum atomic E-state index is 12.4. The first kappa shape index (κ1) is 23.1. The zero-order chi connectivity index (χ0) is 24.2. The summed E-state index contributed by atoms with van der Waals surface area (Å²) >= 11 is 0. The van der Waals surface area contributed by atoms with Gasteiger partial charge in [-0.1, -0.05) is 44.2 Å². The van der Waals surface area contributed by atoms with Crippen molar-refractivity contribution in [3.63, 3.8) is 0 Å². The summed E-state index contributed by atoms with van der Waals surface area (Å²) in [6.45, 7) is 7.58. The summed E-state index contributed by atoms with van der Waals surface area (Å²) in [5, 5.41) is 4.79. The van der Waals surface area contributed by atoms with E-state index < -0.39 is 0 Å². The van der Waals surface area contributed by atoms with E-state index in [2.05, 4.69) is 30.9 Å². The molecule has 2 aromatic carbocycles. The van der Waals surface area contributed by atoms with Crippen LogP contribution in [0.25, 0.3) is 16.9 Å². The second kappa shape index (κ2) is 10.3. The number of ketones is 1. The predicted molar refractivity (Wildman–Crippen MR) is 135 cm³/mol. The highest BCUT2D eigenvalue weighted by molar-refractivity contribution is 5.82. The number of Topliss-reactive ketones (excluding diaryl/α,β-unsaturated/α-hetero) is 1. The van der Waals surface area contributed by atoms with Gasteiger partial charge in [0.2, 0.25) is 0 Å². The SMILES string of the molecule is CCN(CC)CC(=O)Cc1ccc(Cc2nc3cccc(-c4ccc5c(c4)OCCO5)n3n2)cc1. The number of fused-ring (bicyclic) bond motifs is 2. The standard InChI is InChI=1S/C28H30N4O3/c1-3-31(4-2)19-23(33)16-20-8-10-21(11-9-20)17-27-29-28-7-5-6-24(32(28)30-27)22-12-13-25-26(18-22)35-15-14-34-25/h5-13,18H,3-4,14-17,19H2,1-2H3. The number of likely N-dealkylation sites (N-methyl/N-ethyl adjacent to an activating group) is 1. The van der Waals surface area contributed by atoms with Crippen molar-refractivity contribution in [1.29, 1.82) is 0 Å². The average Bonchev–Trinajstić information content (AvgIpc) is 3.30. The van der Waals surface area contributed by atoms with Crippen LogP contribution in [0.15, 0.2) is 60.7 Å². The molecule has 0 amide bonds. The smallest absolute Gasteiger partial charge is 0.162 e. The minimum atomic E-state index is 0.245. The van der Waals surface area contributed by atoms with E-state index in [1.54, 1.807) is 0 Å². The third kappa shape index (κ3) is 5.20. The summed E-state index contributed by atoms with van der Waals surface area (Å²) in [7, 11) is 0. The van der Waals surface area contributed by atoms with Crippen LogP contribution in [0.5, 0.6) is 11.5 Å². The number of nitrogens with zero attached hydrogens (tertiary/aromatic N) is 4. The first-order chi connectivity index (χ1) is 17.1. The molecule has 0 saturated carbocycles. The molecule has 2 aromatic heterocycles. The van der Waals surface area contributed by atoms with Crippen molar-refractivity contribution in [3.8, 4) is 22.8 Å². The molecule has 7 nitrogen and oxygen atoms in total. The minimum Gasteiger partial charge on any atom is -0.486 e. The van der Waals surface area contributed by atoms with Crippen molar-refractivity contribution in [2.75, 3.05) is 32.8 Å². The van der Waals surface area contributed by atoms with E-state index in [0.29, 0.717) is 32.6 Å². The number of hydrogen-bond acceptors (Lipinski definition) is 6. The van der Waals surface area contributed by atoms with E-state index in [4.69, 9.17) is 19.6 Å². The summed E-state index contributed by atoms with van der Waals surface area (Å²) in [5.74, 6) is 2.52. The normalized spacial score (nSPS) is 12.9. The number of rotatable bonds is 9. The van der Waals surface area contributed by atoms with Crippen molar-refractivity contribution in [1.82, 2.24) is 19.5 Å². The van der Waals surface area contributed by atoms with Gasteiger partial charge in [-0.15, -0.1) is 0 Å². The number of ether oxygens (including phenoxy) is 2. The van der Waals surface area contributed by atoms with E-state index in [9.17, 15) is 4.79 Å². The Morgan fingerprint density at radius 3 is 2.46 bits per heavy atom. The zero-order valence-electron chi connectivity index (χ0n) is 20.2. The Morgan fingerprint density at radius 2 is 1.69 bits per heavy atom. The molecule has 35 heavy (non-hydrogen) atoms. The Morgan fingerprint density at radius 1 is 0.943 bits per heavy atom. The number of carbonyl (C=O) groups is 1. The third-order valence-corrected chi connectivity index (χ3v) is 6.32. The first-order valence-electron chi connectivity index (χ1n) is 12.2. The lowest BCUT2D eigenvalue weighted by atomic mass is 10.0. The predicted octanol–water partition coefficient (Wildman–Crippen LogP) is 4.21. The maximum absolute atomic E-state index is 12.4. The monoisotopic (exact) mass is 470 g/mol. The second-order valence-electron chi connectivity index (χ2n) is 8.74. The molecule has 0 N–H and O–H groups in total. The fourth-order valence-electron chi connectivity index (χ4n) is 4.38. The molecular formula is C28H30N4O3. The van der Waals surface area contributed by atoms with Crippen LogP contribution in [0.2, 0.25) is 0 Å². The summed E-state index contributed by atoms with van der Waals surface area (Å²) in [6.07, 6.45) is 1.08. The van der Waals surface area contributed by atoms with E-state index in [1.165, 1.54) is 0 Å². The van der Waals surface area contributed by atoms with Crippen molar-refractivity contribution in [3.05, 3.63) is 77.6 Å². The molecule has 7 heteroatoms. The van der Waals surface area contributed by atoms with Crippen LogP contribution in [0.3, 0.4) is 0 Å². The molecule has 0 atom stereocenters. The quantitative estimate of drug-likeness (QED) is 0.365. The molecule has 0 unspecified atom stereocenters. The fourth-order valence-corrected chi connectivity index (χ4v) is 4.38. The molecule has 0 saturated heterocycles. The van der Waals surface area contributed by atoms with Crippen molar-refractivity contribution in [2.24, 2.45) is 0 Å². The lowest BCUT2D eigenvalue weighted by molar-refractivity contribution is -0.119. The Bertz CT molecular complexity index is 1330. The van der Waals surface area contributed by atoms with Crippen LogP contribution in [0.1, 0.15) is 30.8 Å². The molecule has 0 spiro atoms. The second-order valence-corrected chi connectivity index (χ2v) is 8.74. The van der Waals surface area contributed by atoms with Gasteiger partial charge < -0.3 is 9.47 Å². The number of benzene rings is 2. The minimum absolute atomic E-state index is 0.245. The molecule has 1 aliphatic heterocycles. The average molecular weight is 471 g/mol. The van der Waals surface area contributed by atoms with Gasteiger partial charge >= 0.3 is 0 Å². The Hall–Kier alpha value is -3.71.